The van der Waals surface area contributed by atoms with Gasteiger partial charge in [0.05, 0.1) is 14.2 Å². The van der Waals surface area contributed by atoms with Crippen molar-refractivity contribution in [1.29, 1.82) is 0 Å². The van der Waals surface area contributed by atoms with E-state index in [1.165, 1.54) is 7.11 Å². The van der Waals surface area contributed by atoms with E-state index >= 15 is 0 Å². The van der Waals surface area contributed by atoms with E-state index in [2.05, 4.69) is 10.6 Å². The molecule has 0 unspecified atom stereocenters. The highest BCUT2D eigenvalue weighted by Crippen LogP contribution is 2.35. The third kappa shape index (κ3) is 2.85. The minimum Gasteiger partial charge on any atom is -0.493 e. The zero-order valence-corrected chi connectivity index (χ0v) is 15.0. The van der Waals surface area contributed by atoms with Crippen LogP contribution >= 0.6 is 0 Å². The molecular weight excluding hydrogens is 344 g/mol. The van der Waals surface area contributed by atoms with Crippen molar-refractivity contribution in [2.45, 2.75) is 6.54 Å². The van der Waals surface area contributed by atoms with Crippen LogP contribution in [0.15, 0.2) is 48.5 Å². The number of hydrogen-bond donors (Lipinski definition) is 2. The van der Waals surface area contributed by atoms with Crippen LogP contribution in [0.2, 0.25) is 0 Å². The van der Waals surface area contributed by atoms with Crippen molar-refractivity contribution in [1.82, 2.24) is 5.32 Å². The number of ether oxygens (including phenoxy) is 2. The van der Waals surface area contributed by atoms with Gasteiger partial charge in [-0.05, 0) is 41.3 Å². The molecule has 0 atom stereocenters. The molecule has 0 bridgehead atoms. The molecule has 0 saturated heterocycles. The Balaban J connectivity index is 1.59. The zero-order valence-electron chi connectivity index (χ0n) is 15.0. The van der Waals surface area contributed by atoms with Crippen LogP contribution in [-0.4, -0.2) is 26.0 Å². The lowest BCUT2D eigenvalue weighted by Crippen LogP contribution is -2.23. The molecule has 6 nitrogen and oxygen atoms in total. The maximum atomic E-state index is 12.5. The van der Waals surface area contributed by atoms with Gasteiger partial charge in [-0.2, -0.15) is 0 Å². The summed E-state index contributed by atoms with van der Waals surface area (Å²) in [7, 11) is 3.08. The lowest BCUT2D eigenvalue weighted by molar-refractivity contribution is 0.0950. The Morgan fingerprint density at radius 3 is 2.63 bits per heavy atom. The van der Waals surface area contributed by atoms with Crippen molar-refractivity contribution in [3.8, 4) is 11.5 Å². The second-order valence-electron chi connectivity index (χ2n) is 6.21. The maximum Gasteiger partial charge on any atom is 0.256 e. The average molecular weight is 362 g/mol. The fraction of sp³-hybridized carbons (Fsp3) is 0.143. The second-order valence-corrected chi connectivity index (χ2v) is 6.21. The Hall–Kier alpha value is -3.54. The molecule has 27 heavy (non-hydrogen) atoms. The van der Waals surface area contributed by atoms with Crippen LogP contribution in [0, 0.1) is 0 Å². The first kappa shape index (κ1) is 16.9. The van der Waals surface area contributed by atoms with E-state index in [1.807, 2.05) is 24.3 Å². The molecular formula is C21H18N2O4. The van der Waals surface area contributed by atoms with Gasteiger partial charge in [-0.15, -0.1) is 0 Å². The second kappa shape index (κ2) is 6.64. The summed E-state index contributed by atoms with van der Waals surface area (Å²) in [6.45, 7) is 0.349. The predicted octanol–water partition coefficient (Wildman–Crippen LogP) is 3.35. The van der Waals surface area contributed by atoms with Crippen molar-refractivity contribution < 1.29 is 19.1 Å². The van der Waals surface area contributed by atoms with Gasteiger partial charge < -0.3 is 20.1 Å². The summed E-state index contributed by atoms with van der Waals surface area (Å²) in [5.41, 5.74) is 2.90. The third-order valence-corrected chi connectivity index (χ3v) is 4.71. The third-order valence-electron chi connectivity index (χ3n) is 4.71. The fourth-order valence-electron chi connectivity index (χ4n) is 3.36. The topological polar surface area (TPSA) is 76.7 Å². The van der Waals surface area contributed by atoms with E-state index in [1.54, 1.807) is 31.4 Å². The molecule has 3 aromatic rings. The van der Waals surface area contributed by atoms with Gasteiger partial charge in [-0.1, -0.05) is 18.2 Å². The zero-order chi connectivity index (χ0) is 19.0. The van der Waals surface area contributed by atoms with Gasteiger partial charge in [-0.25, -0.2) is 0 Å². The summed E-state index contributed by atoms with van der Waals surface area (Å²) in [5.74, 6) is 0.759. The molecule has 1 heterocycles. The molecule has 4 rings (SSSR count). The predicted molar refractivity (Wildman–Crippen MR) is 103 cm³/mol. The summed E-state index contributed by atoms with van der Waals surface area (Å²) < 4.78 is 10.4. The van der Waals surface area contributed by atoms with E-state index in [9.17, 15) is 9.59 Å². The van der Waals surface area contributed by atoms with E-state index in [0.717, 1.165) is 22.0 Å². The van der Waals surface area contributed by atoms with E-state index in [-0.39, 0.29) is 11.8 Å². The highest BCUT2D eigenvalue weighted by Gasteiger charge is 2.22. The number of carbonyl (C=O) groups excluding carboxylic acids is 2. The fourth-order valence-corrected chi connectivity index (χ4v) is 3.36. The van der Waals surface area contributed by atoms with Crippen LogP contribution in [0.4, 0.5) is 5.69 Å². The van der Waals surface area contributed by atoms with Crippen LogP contribution in [0.3, 0.4) is 0 Å². The van der Waals surface area contributed by atoms with Gasteiger partial charge in [-0.3, -0.25) is 9.59 Å². The monoisotopic (exact) mass is 362 g/mol. The number of nitrogens with one attached hydrogen (secondary N) is 2. The smallest absolute Gasteiger partial charge is 0.256 e. The SMILES string of the molecule is COc1ccc(C(=O)NCc2ccc3c4c(cccc24)C(=O)N3)cc1OC. The van der Waals surface area contributed by atoms with Crippen molar-refractivity contribution in [2.75, 3.05) is 19.5 Å². The molecule has 0 saturated carbocycles. The summed E-state index contributed by atoms with van der Waals surface area (Å²) >= 11 is 0. The summed E-state index contributed by atoms with van der Waals surface area (Å²) in [6, 6.07) is 14.4. The first-order valence-corrected chi connectivity index (χ1v) is 8.48. The minimum absolute atomic E-state index is 0.0953. The van der Waals surface area contributed by atoms with Gasteiger partial charge in [0.25, 0.3) is 11.8 Å². The highest BCUT2D eigenvalue weighted by atomic mass is 16.5. The van der Waals surface area contributed by atoms with E-state index in [4.69, 9.17) is 9.47 Å². The van der Waals surface area contributed by atoms with Crippen molar-refractivity contribution in [2.24, 2.45) is 0 Å². The minimum atomic E-state index is -0.214. The molecule has 2 amide bonds. The number of rotatable bonds is 5. The number of hydrogen-bond acceptors (Lipinski definition) is 4. The molecule has 1 aliphatic heterocycles. The van der Waals surface area contributed by atoms with Gasteiger partial charge in [0, 0.05) is 28.7 Å². The Morgan fingerprint density at radius 2 is 1.85 bits per heavy atom. The highest BCUT2D eigenvalue weighted by molar-refractivity contribution is 6.24. The van der Waals surface area contributed by atoms with Crippen LogP contribution in [0.5, 0.6) is 11.5 Å². The molecule has 0 fully saturated rings. The molecule has 3 aromatic carbocycles. The Labute approximate surface area is 156 Å². The van der Waals surface area contributed by atoms with E-state index in [0.29, 0.717) is 29.2 Å². The number of methoxy groups -OCH3 is 2. The maximum absolute atomic E-state index is 12.5. The molecule has 6 heteroatoms. The molecule has 0 aromatic heterocycles. The molecule has 1 aliphatic rings. The quantitative estimate of drug-likeness (QED) is 0.730. The Morgan fingerprint density at radius 1 is 1.04 bits per heavy atom. The van der Waals surface area contributed by atoms with Gasteiger partial charge in [0.15, 0.2) is 11.5 Å². The first-order chi connectivity index (χ1) is 13.1. The summed E-state index contributed by atoms with van der Waals surface area (Å²) in [4.78, 5) is 24.6. The molecule has 2 N–H and O–H groups in total. The van der Waals surface area contributed by atoms with Crippen LogP contribution < -0.4 is 20.1 Å². The molecule has 0 radical (unpaired) electrons. The van der Waals surface area contributed by atoms with Gasteiger partial charge >= 0.3 is 0 Å². The lowest BCUT2D eigenvalue weighted by atomic mass is 10.0. The van der Waals surface area contributed by atoms with E-state index < -0.39 is 0 Å². The van der Waals surface area contributed by atoms with Crippen molar-refractivity contribution in [3.63, 3.8) is 0 Å². The summed E-state index contributed by atoms with van der Waals surface area (Å²) in [6.07, 6.45) is 0. The Bertz CT molecular complexity index is 1080. The van der Waals surface area contributed by atoms with Crippen molar-refractivity contribution in [3.05, 3.63) is 65.2 Å². The standard InChI is InChI=1S/C21H18N2O4/c1-26-17-9-7-12(10-18(17)27-2)20(24)22-11-13-6-8-16-19-14(13)4-3-5-15(19)21(25)23-16/h3-10H,11H2,1-2H3,(H,22,24)(H,23,25). The number of anilines is 1. The number of amides is 2. The number of benzene rings is 3. The van der Waals surface area contributed by atoms with Crippen molar-refractivity contribution >= 4 is 28.3 Å². The van der Waals surface area contributed by atoms with Gasteiger partial charge in [0.2, 0.25) is 0 Å². The van der Waals surface area contributed by atoms with Crippen LogP contribution in [0.25, 0.3) is 10.8 Å². The summed E-state index contributed by atoms with van der Waals surface area (Å²) in [5, 5.41) is 7.64. The van der Waals surface area contributed by atoms with Gasteiger partial charge in [0.1, 0.15) is 0 Å². The average Bonchev–Trinajstić information content (AvgIpc) is 3.04. The molecule has 0 aliphatic carbocycles. The van der Waals surface area contributed by atoms with Crippen LogP contribution in [0.1, 0.15) is 26.3 Å². The number of carbonyl (C=O) groups is 2. The molecule has 0 spiro atoms. The Kier molecular flexibility index (Phi) is 4.16. The largest absolute Gasteiger partial charge is 0.493 e. The van der Waals surface area contributed by atoms with Crippen LogP contribution in [-0.2, 0) is 6.54 Å². The first-order valence-electron chi connectivity index (χ1n) is 8.48. The molecule has 136 valence electrons. The lowest BCUT2D eigenvalue weighted by Gasteiger charge is -2.11. The normalized spacial score (nSPS) is 12.0.